The van der Waals surface area contributed by atoms with Crippen molar-refractivity contribution in [2.45, 2.75) is 10.8 Å². The van der Waals surface area contributed by atoms with Gasteiger partial charge in [0.1, 0.15) is 4.33 Å². The van der Waals surface area contributed by atoms with Crippen molar-refractivity contribution in [3.8, 4) is 0 Å². The highest BCUT2D eigenvalue weighted by Gasteiger charge is 2.51. The lowest BCUT2D eigenvalue weighted by Crippen LogP contribution is -1.94. The molecule has 0 heterocycles. The Morgan fingerprint density at radius 3 is 2.69 bits per heavy atom. The SMILES string of the molecule is COP(=O)(O)OSCC1CC1(Cl)Cl. The van der Waals surface area contributed by atoms with Gasteiger partial charge in [0, 0.05) is 30.8 Å². The highest BCUT2D eigenvalue weighted by atomic mass is 35.5. The summed E-state index contributed by atoms with van der Waals surface area (Å²) in [6.45, 7) is 0. The average Bonchev–Trinajstić information content (AvgIpc) is 2.59. The van der Waals surface area contributed by atoms with Gasteiger partial charge in [-0.2, -0.15) is 0 Å². The van der Waals surface area contributed by atoms with E-state index in [9.17, 15) is 4.57 Å². The molecule has 0 aliphatic heterocycles. The van der Waals surface area contributed by atoms with Crippen LogP contribution in [-0.4, -0.2) is 22.1 Å². The van der Waals surface area contributed by atoms with E-state index in [0.717, 1.165) is 19.2 Å². The van der Waals surface area contributed by atoms with Crippen molar-refractivity contribution >= 4 is 43.1 Å². The Morgan fingerprint density at radius 1 is 1.77 bits per heavy atom. The summed E-state index contributed by atoms with van der Waals surface area (Å²) in [4.78, 5) is 8.81. The second-order valence-electron chi connectivity index (χ2n) is 2.67. The summed E-state index contributed by atoms with van der Waals surface area (Å²) in [5.41, 5.74) is 0. The lowest BCUT2D eigenvalue weighted by atomic mass is 10.5. The maximum absolute atomic E-state index is 10.8. The van der Waals surface area contributed by atoms with Crippen LogP contribution in [0.1, 0.15) is 6.42 Å². The Bertz CT molecular complexity index is 237. The van der Waals surface area contributed by atoms with Crippen LogP contribution in [-0.2, 0) is 13.1 Å². The molecule has 0 bridgehead atoms. The number of hydrogen-bond donors (Lipinski definition) is 1. The molecule has 78 valence electrons. The van der Waals surface area contributed by atoms with Crippen LogP contribution in [0.3, 0.4) is 0 Å². The minimum Gasteiger partial charge on any atom is -0.302 e. The Kier molecular flexibility index (Phi) is 3.98. The van der Waals surface area contributed by atoms with Crippen LogP contribution in [0.15, 0.2) is 0 Å². The van der Waals surface area contributed by atoms with E-state index in [1.165, 1.54) is 0 Å². The first-order valence-corrected chi connectivity index (χ1v) is 6.61. The normalized spacial score (nSPS) is 29.7. The molecule has 0 radical (unpaired) electrons. The lowest BCUT2D eigenvalue weighted by molar-refractivity contribution is 0.254. The number of hydrogen-bond acceptors (Lipinski definition) is 4. The Morgan fingerprint density at radius 2 is 2.31 bits per heavy atom. The number of halogens is 2. The lowest BCUT2D eigenvalue weighted by Gasteiger charge is -2.06. The first-order chi connectivity index (χ1) is 5.87. The number of rotatable bonds is 5. The minimum absolute atomic E-state index is 0.123. The largest absolute Gasteiger partial charge is 0.483 e. The third-order valence-corrected chi connectivity index (χ3v) is 4.70. The topological polar surface area (TPSA) is 55.8 Å². The van der Waals surface area contributed by atoms with Crippen molar-refractivity contribution in [1.29, 1.82) is 0 Å². The van der Waals surface area contributed by atoms with E-state index in [4.69, 9.17) is 28.1 Å². The molecule has 0 aromatic rings. The van der Waals surface area contributed by atoms with E-state index in [0.29, 0.717) is 12.2 Å². The van der Waals surface area contributed by atoms with Gasteiger partial charge >= 0.3 is 7.82 Å². The second-order valence-corrected chi connectivity index (χ2v) is 6.68. The molecule has 0 spiro atoms. The molecule has 2 atom stereocenters. The molecule has 1 fully saturated rings. The standard InChI is InChI=1S/C5H9Cl2O4PS/c1-10-12(8,9)11-13-3-4-2-5(4,6)7/h4H,2-3H2,1H3,(H,8,9). The van der Waals surface area contributed by atoms with Gasteiger partial charge in [0.25, 0.3) is 0 Å². The summed E-state index contributed by atoms with van der Waals surface area (Å²) in [6, 6.07) is 0. The summed E-state index contributed by atoms with van der Waals surface area (Å²) in [5, 5.41) is 0. The monoisotopic (exact) mass is 266 g/mol. The fourth-order valence-corrected chi connectivity index (χ4v) is 2.96. The zero-order chi connectivity index (χ0) is 10.1. The molecular weight excluding hydrogens is 258 g/mol. The molecule has 13 heavy (non-hydrogen) atoms. The summed E-state index contributed by atoms with van der Waals surface area (Å²) in [7, 11) is -2.76. The molecule has 1 rings (SSSR count). The van der Waals surface area contributed by atoms with Crippen LogP contribution in [0, 0.1) is 5.92 Å². The Balaban J connectivity index is 2.12. The van der Waals surface area contributed by atoms with Crippen LogP contribution in [0.5, 0.6) is 0 Å². The van der Waals surface area contributed by atoms with Gasteiger partial charge in [-0.1, -0.05) is 0 Å². The van der Waals surface area contributed by atoms with E-state index < -0.39 is 12.2 Å². The van der Waals surface area contributed by atoms with Crippen molar-refractivity contribution in [1.82, 2.24) is 0 Å². The van der Waals surface area contributed by atoms with Crippen molar-refractivity contribution in [2.75, 3.05) is 12.9 Å². The molecule has 0 aromatic heterocycles. The molecule has 0 aromatic carbocycles. The van der Waals surface area contributed by atoms with Crippen molar-refractivity contribution in [3.05, 3.63) is 0 Å². The van der Waals surface area contributed by atoms with E-state index in [1.807, 2.05) is 0 Å². The molecule has 0 saturated heterocycles. The van der Waals surface area contributed by atoms with Gasteiger partial charge in [-0.3, -0.25) is 4.52 Å². The van der Waals surface area contributed by atoms with Gasteiger partial charge in [-0.15, -0.1) is 23.2 Å². The minimum atomic E-state index is -3.87. The van der Waals surface area contributed by atoms with Crippen molar-refractivity contribution in [3.63, 3.8) is 0 Å². The van der Waals surface area contributed by atoms with Crippen LogP contribution >= 0.6 is 43.1 Å². The summed E-state index contributed by atoms with van der Waals surface area (Å²) >= 11 is 12.3. The van der Waals surface area contributed by atoms with Crippen molar-refractivity contribution < 1.29 is 18.0 Å². The Hall–Kier alpha value is 1.04. The quantitative estimate of drug-likeness (QED) is 0.471. The predicted molar refractivity (Wildman–Crippen MR) is 52.9 cm³/mol. The molecule has 2 unspecified atom stereocenters. The van der Waals surface area contributed by atoms with Crippen LogP contribution < -0.4 is 0 Å². The van der Waals surface area contributed by atoms with Gasteiger partial charge < -0.3 is 4.89 Å². The highest BCUT2D eigenvalue weighted by Crippen LogP contribution is 2.56. The molecule has 8 heteroatoms. The van der Waals surface area contributed by atoms with Crippen LogP contribution in [0.4, 0.5) is 0 Å². The van der Waals surface area contributed by atoms with Gasteiger partial charge in [-0.25, -0.2) is 8.54 Å². The van der Waals surface area contributed by atoms with Gasteiger partial charge in [0.05, 0.1) is 0 Å². The third kappa shape index (κ3) is 3.96. The summed E-state index contributed by atoms with van der Waals surface area (Å²) < 4.78 is 18.8. The summed E-state index contributed by atoms with van der Waals surface area (Å²) in [6.07, 6.45) is 0.690. The molecule has 1 saturated carbocycles. The van der Waals surface area contributed by atoms with Gasteiger partial charge in [0.2, 0.25) is 0 Å². The van der Waals surface area contributed by atoms with Gasteiger partial charge in [0.15, 0.2) is 0 Å². The third-order valence-electron chi connectivity index (χ3n) is 1.60. The molecular formula is C5H9Cl2O4PS. The Labute approximate surface area is 90.7 Å². The fourth-order valence-electron chi connectivity index (χ4n) is 0.660. The molecule has 1 aliphatic rings. The number of phosphoric ester groups is 1. The average molecular weight is 267 g/mol. The second kappa shape index (κ2) is 4.27. The van der Waals surface area contributed by atoms with Crippen LogP contribution in [0.2, 0.25) is 0 Å². The molecule has 4 nitrogen and oxygen atoms in total. The van der Waals surface area contributed by atoms with E-state index in [-0.39, 0.29) is 5.92 Å². The number of phosphoric acid groups is 1. The summed E-state index contributed by atoms with van der Waals surface area (Å²) in [5.74, 6) is 0.610. The van der Waals surface area contributed by atoms with Gasteiger partial charge in [-0.05, 0) is 6.42 Å². The molecule has 1 aliphatic carbocycles. The van der Waals surface area contributed by atoms with Crippen molar-refractivity contribution in [2.24, 2.45) is 5.92 Å². The highest BCUT2D eigenvalue weighted by molar-refractivity contribution is 7.97. The first kappa shape index (κ1) is 12.1. The molecule has 0 amide bonds. The van der Waals surface area contributed by atoms with E-state index >= 15 is 0 Å². The zero-order valence-corrected chi connectivity index (χ0v) is 10.00. The fraction of sp³-hybridized carbons (Fsp3) is 1.00. The predicted octanol–water partition coefficient (Wildman–Crippen LogP) is 2.59. The maximum Gasteiger partial charge on any atom is 0.483 e. The number of alkyl halides is 2. The first-order valence-electron chi connectivity index (χ1n) is 3.45. The maximum atomic E-state index is 10.8. The van der Waals surface area contributed by atoms with E-state index in [2.05, 4.69) is 8.49 Å². The zero-order valence-electron chi connectivity index (χ0n) is 6.77. The van der Waals surface area contributed by atoms with E-state index in [1.54, 1.807) is 0 Å². The molecule has 1 N–H and O–H groups in total. The smallest absolute Gasteiger partial charge is 0.302 e. The van der Waals surface area contributed by atoms with Crippen LogP contribution in [0.25, 0.3) is 0 Å².